The predicted octanol–water partition coefficient (Wildman–Crippen LogP) is 4.16. The van der Waals surface area contributed by atoms with Gasteiger partial charge in [-0.1, -0.05) is 6.07 Å². The number of carbonyl (C=O) groups is 1. The number of sulfonamides is 1. The first-order chi connectivity index (χ1) is 14.9. The molecule has 0 bridgehead atoms. The Bertz CT molecular complexity index is 1040. The van der Waals surface area contributed by atoms with E-state index in [1.54, 1.807) is 23.1 Å². The molecule has 7 heteroatoms. The van der Waals surface area contributed by atoms with E-state index >= 15 is 0 Å². The second-order valence-electron chi connectivity index (χ2n) is 8.37. The first-order valence-corrected chi connectivity index (χ1v) is 12.5. The Balaban J connectivity index is 1.44. The van der Waals surface area contributed by atoms with E-state index in [4.69, 9.17) is 0 Å². The third kappa shape index (κ3) is 4.53. The maximum atomic E-state index is 13.2. The van der Waals surface area contributed by atoms with Gasteiger partial charge < -0.3 is 4.90 Å². The summed E-state index contributed by atoms with van der Waals surface area (Å²) in [5.74, 6) is -0.604. The molecule has 0 atom stereocenters. The van der Waals surface area contributed by atoms with E-state index in [0.29, 0.717) is 43.1 Å². The summed E-state index contributed by atoms with van der Waals surface area (Å²) in [6, 6.07) is 11.4. The lowest BCUT2D eigenvalue weighted by Gasteiger charge is -2.33. The highest BCUT2D eigenvalue weighted by molar-refractivity contribution is 7.89. The SMILES string of the molecule is CCN(C(=O)C1CCN(S(=O)(=O)c2ccc3c(c2)CCCC3)CC1)c1ccc(F)cc1. The van der Waals surface area contributed by atoms with Gasteiger partial charge in [0, 0.05) is 31.2 Å². The van der Waals surface area contributed by atoms with Gasteiger partial charge in [-0.05, 0) is 93.0 Å². The average molecular weight is 445 g/mol. The third-order valence-corrected chi connectivity index (χ3v) is 8.38. The van der Waals surface area contributed by atoms with Crippen LogP contribution in [0.15, 0.2) is 47.4 Å². The number of anilines is 1. The van der Waals surface area contributed by atoms with Crippen molar-refractivity contribution in [3.8, 4) is 0 Å². The molecule has 1 fully saturated rings. The van der Waals surface area contributed by atoms with Crippen molar-refractivity contribution in [2.24, 2.45) is 5.92 Å². The van der Waals surface area contributed by atoms with Crippen molar-refractivity contribution < 1.29 is 17.6 Å². The fraction of sp³-hybridized carbons (Fsp3) is 0.458. The second kappa shape index (κ2) is 9.09. The summed E-state index contributed by atoms with van der Waals surface area (Å²) < 4.78 is 41.1. The van der Waals surface area contributed by atoms with Crippen LogP contribution in [0.1, 0.15) is 43.7 Å². The van der Waals surface area contributed by atoms with Crippen LogP contribution in [0.5, 0.6) is 0 Å². The van der Waals surface area contributed by atoms with Crippen LogP contribution in [0.3, 0.4) is 0 Å². The summed E-state index contributed by atoms with van der Waals surface area (Å²) in [5, 5.41) is 0. The molecule has 0 aromatic heterocycles. The van der Waals surface area contributed by atoms with Crippen molar-refractivity contribution in [2.75, 3.05) is 24.5 Å². The number of carbonyl (C=O) groups excluding carboxylic acids is 1. The van der Waals surface area contributed by atoms with Crippen LogP contribution < -0.4 is 4.90 Å². The molecular formula is C24H29FN2O3S. The van der Waals surface area contributed by atoms with Gasteiger partial charge in [0.05, 0.1) is 4.90 Å². The summed E-state index contributed by atoms with van der Waals surface area (Å²) in [4.78, 5) is 15.1. The Hall–Kier alpha value is -2.25. The predicted molar refractivity (Wildman–Crippen MR) is 119 cm³/mol. The van der Waals surface area contributed by atoms with Crippen LogP contribution in [-0.2, 0) is 27.7 Å². The van der Waals surface area contributed by atoms with Gasteiger partial charge in [-0.15, -0.1) is 0 Å². The number of benzene rings is 2. The van der Waals surface area contributed by atoms with Crippen LogP contribution in [0.2, 0.25) is 0 Å². The maximum Gasteiger partial charge on any atom is 0.243 e. The largest absolute Gasteiger partial charge is 0.312 e. The summed E-state index contributed by atoms with van der Waals surface area (Å²) in [6.07, 6.45) is 5.19. The number of halogens is 1. The van der Waals surface area contributed by atoms with Crippen molar-refractivity contribution in [1.82, 2.24) is 4.31 Å². The molecule has 0 saturated carbocycles. The smallest absolute Gasteiger partial charge is 0.243 e. The molecular weight excluding hydrogens is 415 g/mol. The lowest BCUT2D eigenvalue weighted by molar-refractivity contribution is -0.123. The highest BCUT2D eigenvalue weighted by atomic mass is 32.2. The molecule has 0 unspecified atom stereocenters. The van der Waals surface area contributed by atoms with E-state index in [1.165, 1.54) is 22.0 Å². The number of hydrogen-bond donors (Lipinski definition) is 0. The molecule has 5 nitrogen and oxygen atoms in total. The van der Waals surface area contributed by atoms with Gasteiger partial charge in [0.2, 0.25) is 15.9 Å². The molecule has 0 N–H and O–H groups in total. The van der Waals surface area contributed by atoms with Gasteiger partial charge in [0.1, 0.15) is 5.82 Å². The van der Waals surface area contributed by atoms with E-state index in [9.17, 15) is 17.6 Å². The van der Waals surface area contributed by atoms with Gasteiger partial charge >= 0.3 is 0 Å². The number of nitrogens with zero attached hydrogens (tertiary/aromatic N) is 2. The number of fused-ring (bicyclic) bond motifs is 1. The van der Waals surface area contributed by atoms with Crippen LogP contribution in [0.4, 0.5) is 10.1 Å². The molecule has 2 aromatic carbocycles. The van der Waals surface area contributed by atoms with Gasteiger partial charge in [-0.25, -0.2) is 12.8 Å². The van der Waals surface area contributed by atoms with Crippen LogP contribution in [-0.4, -0.2) is 38.3 Å². The summed E-state index contributed by atoms with van der Waals surface area (Å²) in [5.41, 5.74) is 3.07. The summed E-state index contributed by atoms with van der Waals surface area (Å²) >= 11 is 0. The molecule has 1 aliphatic carbocycles. The maximum absolute atomic E-state index is 13.2. The zero-order valence-corrected chi connectivity index (χ0v) is 18.7. The standard InChI is InChI=1S/C24H29FN2O3S/c1-2-27(22-10-8-21(25)9-11-22)24(28)19-13-15-26(16-14-19)31(29,30)23-12-7-18-5-3-4-6-20(18)17-23/h7-12,17,19H,2-6,13-16H2,1H3. The van der Waals surface area contributed by atoms with E-state index < -0.39 is 10.0 Å². The topological polar surface area (TPSA) is 57.7 Å². The number of piperidine rings is 1. The summed E-state index contributed by atoms with van der Waals surface area (Å²) in [6.45, 7) is 3.03. The quantitative estimate of drug-likeness (QED) is 0.696. The minimum Gasteiger partial charge on any atom is -0.312 e. The lowest BCUT2D eigenvalue weighted by atomic mass is 9.92. The van der Waals surface area contributed by atoms with Crippen molar-refractivity contribution in [3.63, 3.8) is 0 Å². The second-order valence-corrected chi connectivity index (χ2v) is 10.3. The highest BCUT2D eigenvalue weighted by Crippen LogP contribution is 2.29. The van der Waals surface area contributed by atoms with Gasteiger partial charge in [0.15, 0.2) is 0 Å². The fourth-order valence-corrected chi connectivity index (χ4v) is 6.19. The number of rotatable bonds is 5. The fourth-order valence-electron chi connectivity index (χ4n) is 4.67. The van der Waals surface area contributed by atoms with Gasteiger partial charge in [-0.2, -0.15) is 4.31 Å². The molecule has 2 aromatic rings. The molecule has 1 amide bonds. The van der Waals surface area contributed by atoms with Gasteiger partial charge in [-0.3, -0.25) is 4.79 Å². The lowest BCUT2D eigenvalue weighted by Crippen LogP contribution is -2.44. The molecule has 2 aliphatic rings. The Morgan fingerprint density at radius 2 is 1.68 bits per heavy atom. The normalized spacial score (nSPS) is 17.9. The average Bonchev–Trinajstić information content (AvgIpc) is 2.80. The van der Waals surface area contributed by atoms with Gasteiger partial charge in [0.25, 0.3) is 0 Å². The van der Waals surface area contributed by atoms with E-state index in [1.807, 2.05) is 19.1 Å². The Morgan fingerprint density at radius 3 is 2.32 bits per heavy atom. The third-order valence-electron chi connectivity index (χ3n) is 6.48. The number of amides is 1. The first-order valence-electron chi connectivity index (χ1n) is 11.1. The Labute approximate surface area is 183 Å². The van der Waals surface area contributed by atoms with Crippen LogP contribution in [0.25, 0.3) is 0 Å². The van der Waals surface area contributed by atoms with Crippen molar-refractivity contribution in [2.45, 2.75) is 50.3 Å². The van der Waals surface area contributed by atoms with E-state index in [2.05, 4.69) is 0 Å². The Kier molecular flexibility index (Phi) is 6.44. The van der Waals surface area contributed by atoms with Crippen molar-refractivity contribution in [3.05, 3.63) is 59.4 Å². The highest BCUT2D eigenvalue weighted by Gasteiger charge is 2.34. The molecule has 1 saturated heterocycles. The zero-order valence-electron chi connectivity index (χ0n) is 17.9. The minimum atomic E-state index is -3.56. The molecule has 4 rings (SSSR count). The molecule has 0 radical (unpaired) electrons. The summed E-state index contributed by atoms with van der Waals surface area (Å²) in [7, 11) is -3.56. The Morgan fingerprint density at radius 1 is 1.03 bits per heavy atom. The monoisotopic (exact) mass is 444 g/mol. The molecule has 1 heterocycles. The molecule has 0 spiro atoms. The molecule has 31 heavy (non-hydrogen) atoms. The van der Waals surface area contributed by atoms with Crippen molar-refractivity contribution in [1.29, 1.82) is 0 Å². The number of aryl methyl sites for hydroxylation is 2. The minimum absolute atomic E-state index is 0.0278. The zero-order chi connectivity index (χ0) is 22.0. The molecule has 166 valence electrons. The van der Waals surface area contributed by atoms with Crippen LogP contribution in [0, 0.1) is 11.7 Å². The number of hydrogen-bond acceptors (Lipinski definition) is 3. The molecule has 1 aliphatic heterocycles. The van der Waals surface area contributed by atoms with E-state index in [0.717, 1.165) is 31.2 Å². The first kappa shape index (κ1) is 22.0. The van der Waals surface area contributed by atoms with E-state index in [-0.39, 0.29) is 17.6 Å². The van der Waals surface area contributed by atoms with Crippen LogP contribution >= 0.6 is 0 Å². The van der Waals surface area contributed by atoms with Crippen molar-refractivity contribution >= 4 is 21.6 Å².